The molecular formula is C22H18O. The number of hydrogen-bond acceptors (Lipinski definition) is 1. The lowest BCUT2D eigenvalue weighted by Gasteiger charge is -2.13. The normalized spacial score (nSPS) is 10.1. The Bertz CT molecular complexity index is 824. The molecule has 0 aliphatic carbocycles. The van der Waals surface area contributed by atoms with E-state index in [0.29, 0.717) is 6.61 Å². The molecule has 0 aromatic heterocycles. The average molecular weight is 298 g/mol. The Labute approximate surface area is 137 Å². The molecule has 0 spiro atoms. The van der Waals surface area contributed by atoms with Crippen LogP contribution in [0.4, 0.5) is 0 Å². The Balaban J connectivity index is 1.93. The minimum absolute atomic E-state index is 0.522. The average Bonchev–Trinajstić information content (AvgIpc) is 2.61. The maximum atomic E-state index is 6.05. The van der Waals surface area contributed by atoms with E-state index in [9.17, 15) is 0 Å². The first-order valence-corrected chi connectivity index (χ1v) is 7.61. The first-order chi connectivity index (χ1) is 11.3. The predicted molar refractivity (Wildman–Crippen MR) is 95.3 cm³/mol. The van der Waals surface area contributed by atoms with Crippen LogP contribution in [0.1, 0.15) is 16.7 Å². The quantitative estimate of drug-likeness (QED) is 0.600. The van der Waals surface area contributed by atoms with Crippen molar-refractivity contribution in [2.75, 3.05) is 0 Å². The number of ether oxygens (including phenoxy) is 1. The number of terminal acetylenes is 1. The molecule has 0 bridgehead atoms. The number of hydrogen-bond donors (Lipinski definition) is 0. The van der Waals surface area contributed by atoms with Gasteiger partial charge in [-0.2, -0.15) is 0 Å². The summed E-state index contributed by atoms with van der Waals surface area (Å²) < 4.78 is 6.05. The fourth-order valence-corrected chi connectivity index (χ4v) is 2.44. The maximum Gasteiger partial charge on any atom is 0.128 e. The second-order valence-corrected chi connectivity index (χ2v) is 5.50. The summed E-state index contributed by atoms with van der Waals surface area (Å²) in [7, 11) is 0. The lowest BCUT2D eigenvalue weighted by atomic mass is 10.0. The molecule has 0 saturated carbocycles. The van der Waals surface area contributed by atoms with E-state index >= 15 is 0 Å². The second kappa shape index (κ2) is 6.85. The molecule has 0 aliphatic heterocycles. The zero-order valence-corrected chi connectivity index (χ0v) is 13.1. The van der Waals surface area contributed by atoms with Crippen molar-refractivity contribution >= 4 is 0 Å². The van der Waals surface area contributed by atoms with Crippen molar-refractivity contribution in [2.24, 2.45) is 0 Å². The zero-order valence-electron chi connectivity index (χ0n) is 13.1. The monoisotopic (exact) mass is 298 g/mol. The molecule has 0 heterocycles. The third kappa shape index (κ3) is 3.62. The van der Waals surface area contributed by atoms with Crippen molar-refractivity contribution in [2.45, 2.75) is 13.5 Å². The summed E-state index contributed by atoms with van der Waals surface area (Å²) in [6.45, 7) is 2.60. The second-order valence-electron chi connectivity index (χ2n) is 5.50. The summed E-state index contributed by atoms with van der Waals surface area (Å²) in [6.07, 6.45) is 5.53. The molecule has 0 N–H and O–H groups in total. The minimum Gasteiger partial charge on any atom is -0.488 e. The molecule has 3 aromatic carbocycles. The molecule has 0 fully saturated rings. The molecule has 0 radical (unpaired) electrons. The molecule has 0 unspecified atom stereocenters. The van der Waals surface area contributed by atoms with Crippen LogP contribution in [0, 0.1) is 19.3 Å². The maximum absolute atomic E-state index is 6.05. The van der Waals surface area contributed by atoms with Crippen LogP contribution in [0.15, 0.2) is 72.8 Å². The van der Waals surface area contributed by atoms with Crippen LogP contribution in [-0.4, -0.2) is 0 Å². The summed E-state index contributed by atoms with van der Waals surface area (Å²) in [4.78, 5) is 0. The van der Waals surface area contributed by atoms with Gasteiger partial charge in [-0.1, -0.05) is 66.1 Å². The Kier molecular flexibility index (Phi) is 4.45. The standard InChI is InChI=1S/C22H18O/c1-3-18-11-14-21(20-12-9-17(2)10-13-20)22(15-18)23-16-19-7-5-4-6-8-19/h1,4-15H,16H2,2H3. The summed E-state index contributed by atoms with van der Waals surface area (Å²) in [5, 5.41) is 0. The third-order valence-corrected chi connectivity index (χ3v) is 3.75. The van der Waals surface area contributed by atoms with Crippen LogP contribution in [0.5, 0.6) is 5.75 Å². The molecule has 112 valence electrons. The first kappa shape index (κ1) is 14.9. The van der Waals surface area contributed by atoms with Crippen molar-refractivity contribution in [1.29, 1.82) is 0 Å². The number of aryl methyl sites for hydroxylation is 1. The van der Waals surface area contributed by atoms with Gasteiger partial charge in [-0.3, -0.25) is 0 Å². The van der Waals surface area contributed by atoms with Crippen molar-refractivity contribution in [3.63, 3.8) is 0 Å². The molecule has 3 aromatic rings. The van der Waals surface area contributed by atoms with Gasteiger partial charge in [-0.25, -0.2) is 0 Å². The molecule has 0 aliphatic rings. The van der Waals surface area contributed by atoms with E-state index in [2.05, 4.69) is 49.2 Å². The Morgan fingerprint density at radius 2 is 1.65 bits per heavy atom. The summed E-state index contributed by atoms with van der Waals surface area (Å²) in [6, 6.07) is 24.5. The zero-order chi connectivity index (χ0) is 16.1. The highest BCUT2D eigenvalue weighted by molar-refractivity contribution is 5.71. The van der Waals surface area contributed by atoms with E-state index in [4.69, 9.17) is 11.2 Å². The number of rotatable bonds is 4. The summed E-state index contributed by atoms with van der Waals surface area (Å²) >= 11 is 0. The van der Waals surface area contributed by atoms with Crippen molar-refractivity contribution in [1.82, 2.24) is 0 Å². The molecule has 0 atom stereocenters. The van der Waals surface area contributed by atoms with E-state index in [1.807, 2.05) is 36.4 Å². The lowest BCUT2D eigenvalue weighted by Crippen LogP contribution is -1.97. The van der Waals surface area contributed by atoms with Crippen molar-refractivity contribution < 1.29 is 4.74 Å². The lowest BCUT2D eigenvalue weighted by molar-refractivity contribution is 0.307. The van der Waals surface area contributed by atoms with Gasteiger partial charge < -0.3 is 4.74 Å². The van der Waals surface area contributed by atoms with Crippen LogP contribution >= 0.6 is 0 Å². The highest BCUT2D eigenvalue weighted by Gasteiger charge is 2.08. The third-order valence-electron chi connectivity index (χ3n) is 3.75. The van der Waals surface area contributed by atoms with E-state index in [1.165, 1.54) is 5.56 Å². The van der Waals surface area contributed by atoms with Crippen LogP contribution in [0.2, 0.25) is 0 Å². The first-order valence-electron chi connectivity index (χ1n) is 7.61. The van der Waals surface area contributed by atoms with E-state index in [0.717, 1.165) is 28.0 Å². The summed E-state index contributed by atoms with van der Waals surface area (Å²) in [5.74, 6) is 3.49. The Morgan fingerprint density at radius 3 is 2.35 bits per heavy atom. The molecule has 1 heteroatoms. The van der Waals surface area contributed by atoms with Gasteiger partial charge in [0.25, 0.3) is 0 Å². The van der Waals surface area contributed by atoms with E-state index in [1.54, 1.807) is 0 Å². The number of benzene rings is 3. The van der Waals surface area contributed by atoms with Crippen LogP contribution in [0.3, 0.4) is 0 Å². The molecule has 23 heavy (non-hydrogen) atoms. The Hall–Kier alpha value is -2.98. The van der Waals surface area contributed by atoms with Gasteiger partial charge >= 0.3 is 0 Å². The topological polar surface area (TPSA) is 9.23 Å². The van der Waals surface area contributed by atoms with Gasteiger partial charge in [0.2, 0.25) is 0 Å². The van der Waals surface area contributed by atoms with Gasteiger partial charge in [0.15, 0.2) is 0 Å². The molecule has 3 rings (SSSR count). The smallest absolute Gasteiger partial charge is 0.128 e. The van der Waals surface area contributed by atoms with Crippen LogP contribution in [-0.2, 0) is 6.61 Å². The molecular weight excluding hydrogens is 280 g/mol. The van der Waals surface area contributed by atoms with E-state index < -0.39 is 0 Å². The van der Waals surface area contributed by atoms with Gasteiger partial charge in [0.05, 0.1) is 0 Å². The largest absolute Gasteiger partial charge is 0.488 e. The molecule has 0 amide bonds. The molecule has 0 saturated heterocycles. The predicted octanol–water partition coefficient (Wildman–Crippen LogP) is 5.22. The van der Waals surface area contributed by atoms with E-state index in [-0.39, 0.29) is 0 Å². The van der Waals surface area contributed by atoms with Gasteiger partial charge in [0.1, 0.15) is 12.4 Å². The van der Waals surface area contributed by atoms with Gasteiger partial charge in [-0.05, 0) is 36.2 Å². The minimum atomic E-state index is 0.522. The highest BCUT2D eigenvalue weighted by atomic mass is 16.5. The van der Waals surface area contributed by atoms with Crippen LogP contribution < -0.4 is 4.74 Å². The fraction of sp³-hybridized carbons (Fsp3) is 0.0909. The highest BCUT2D eigenvalue weighted by Crippen LogP contribution is 2.31. The van der Waals surface area contributed by atoms with Crippen molar-refractivity contribution in [3.8, 4) is 29.2 Å². The Morgan fingerprint density at radius 1 is 0.913 bits per heavy atom. The van der Waals surface area contributed by atoms with Gasteiger partial charge in [-0.15, -0.1) is 6.42 Å². The fourth-order valence-electron chi connectivity index (χ4n) is 2.44. The van der Waals surface area contributed by atoms with Crippen LogP contribution in [0.25, 0.3) is 11.1 Å². The summed E-state index contributed by atoms with van der Waals surface area (Å²) in [5.41, 5.74) is 5.38. The SMILES string of the molecule is C#Cc1ccc(-c2ccc(C)cc2)c(OCc2ccccc2)c1. The van der Waals surface area contributed by atoms with Crippen molar-refractivity contribution in [3.05, 3.63) is 89.5 Å². The molecule has 1 nitrogen and oxygen atoms in total. The van der Waals surface area contributed by atoms with Gasteiger partial charge in [0, 0.05) is 11.1 Å².